The SMILES string of the molecule is Cc1cc(Nc2ccc(Cl)cc2)nc(Nc2cccc3cccnc23)n1. The van der Waals surface area contributed by atoms with Gasteiger partial charge in [0.15, 0.2) is 0 Å². The van der Waals surface area contributed by atoms with E-state index in [4.69, 9.17) is 11.6 Å². The minimum Gasteiger partial charge on any atom is -0.340 e. The maximum Gasteiger partial charge on any atom is 0.229 e. The molecule has 0 amide bonds. The van der Waals surface area contributed by atoms with E-state index >= 15 is 0 Å². The van der Waals surface area contributed by atoms with E-state index in [0.717, 1.165) is 28.0 Å². The van der Waals surface area contributed by atoms with Crippen LogP contribution >= 0.6 is 11.6 Å². The highest BCUT2D eigenvalue weighted by Crippen LogP contribution is 2.24. The van der Waals surface area contributed by atoms with E-state index in [9.17, 15) is 0 Å². The molecule has 0 saturated heterocycles. The van der Waals surface area contributed by atoms with Gasteiger partial charge in [-0.3, -0.25) is 4.98 Å². The van der Waals surface area contributed by atoms with E-state index in [0.29, 0.717) is 16.8 Å². The molecule has 0 unspecified atom stereocenters. The van der Waals surface area contributed by atoms with Crippen LogP contribution in [-0.4, -0.2) is 15.0 Å². The number of halogens is 1. The standard InChI is InChI=1S/C20H16ClN5/c1-13-12-18(24-16-9-7-15(21)8-10-16)26-20(23-13)25-17-6-2-4-14-5-3-11-22-19(14)17/h2-12H,1H3,(H2,23,24,25,26). The minimum atomic E-state index is 0.514. The highest BCUT2D eigenvalue weighted by molar-refractivity contribution is 6.30. The maximum atomic E-state index is 5.93. The van der Waals surface area contributed by atoms with Crippen molar-refractivity contribution in [2.45, 2.75) is 6.92 Å². The van der Waals surface area contributed by atoms with Gasteiger partial charge >= 0.3 is 0 Å². The van der Waals surface area contributed by atoms with Crippen LogP contribution in [0.15, 0.2) is 66.9 Å². The quantitative estimate of drug-likeness (QED) is 0.504. The largest absolute Gasteiger partial charge is 0.340 e. The summed E-state index contributed by atoms with van der Waals surface area (Å²) in [7, 11) is 0. The number of nitrogens with one attached hydrogen (secondary N) is 2. The van der Waals surface area contributed by atoms with Crippen molar-refractivity contribution >= 4 is 45.6 Å². The van der Waals surface area contributed by atoms with E-state index in [2.05, 4.69) is 25.6 Å². The van der Waals surface area contributed by atoms with Crippen molar-refractivity contribution in [2.24, 2.45) is 0 Å². The predicted octanol–water partition coefficient (Wildman–Crippen LogP) is 5.47. The first kappa shape index (κ1) is 16.3. The molecule has 0 bridgehead atoms. The van der Waals surface area contributed by atoms with Crippen LogP contribution in [0, 0.1) is 6.92 Å². The van der Waals surface area contributed by atoms with Crippen molar-refractivity contribution in [3.63, 3.8) is 0 Å². The summed E-state index contributed by atoms with van der Waals surface area (Å²) in [5, 5.41) is 8.30. The zero-order chi connectivity index (χ0) is 17.9. The van der Waals surface area contributed by atoms with Crippen LogP contribution in [-0.2, 0) is 0 Å². The molecule has 0 aliphatic carbocycles. The number of anilines is 4. The average Bonchev–Trinajstić information content (AvgIpc) is 2.64. The molecule has 4 rings (SSSR count). The number of pyridine rings is 1. The van der Waals surface area contributed by atoms with Crippen molar-refractivity contribution in [2.75, 3.05) is 10.6 Å². The Morgan fingerprint density at radius 2 is 1.69 bits per heavy atom. The number of fused-ring (bicyclic) bond motifs is 1. The molecule has 0 aliphatic rings. The Hall–Kier alpha value is -3.18. The van der Waals surface area contributed by atoms with E-state index in [1.807, 2.05) is 67.6 Å². The predicted molar refractivity (Wildman–Crippen MR) is 107 cm³/mol. The summed E-state index contributed by atoms with van der Waals surface area (Å²) in [6.07, 6.45) is 1.78. The molecule has 2 aromatic carbocycles. The lowest BCUT2D eigenvalue weighted by Crippen LogP contribution is -2.03. The molecular weight excluding hydrogens is 346 g/mol. The van der Waals surface area contributed by atoms with Crippen molar-refractivity contribution in [3.8, 4) is 0 Å². The third-order valence-corrected chi connectivity index (χ3v) is 4.10. The molecule has 0 radical (unpaired) electrons. The van der Waals surface area contributed by atoms with Crippen LogP contribution in [0.5, 0.6) is 0 Å². The molecule has 2 N–H and O–H groups in total. The Labute approximate surface area is 156 Å². The second kappa shape index (κ2) is 6.98. The third-order valence-electron chi connectivity index (χ3n) is 3.85. The lowest BCUT2D eigenvalue weighted by molar-refractivity contribution is 1.11. The van der Waals surface area contributed by atoms with Crippen molar-refractivity contribution < 1.29 is 0 Å². The summed E-state index contributed by atoms with van der Waals surface area (Å²) in [5.74, 6) is 1.22. The van der Waals surface area contributed by atoms with E-state index < -0.39 is 0 Å². The Kier molecular flexibility index (Phi) is 4.37. The molecule has 0 aliphatic heterocycles. The van der Waals surface area contributed by atoms with Gasteiger partial charge in [-0.1, -0.05) is 29.8 Å². The summed E-state index contributed by atoms with van der Waals surface area (Å²) >= 11 is 5.93. The maximum absolute atomic E-state index is 5.93. The van der Waals surface area contributed by atoms with Crippen LogP contribution in [0.1, 0.15) is 5.69 Å². The number of aromatic nitrogens is 3. The van der Waals surface area contributed by atoms with Gasteiger partial charge in [0.25, 0.3) is 0 Å². The first-order valence-electron chi connectivity index (χ1n) is 8.16. The normalized spacial score (nSPS) is 10.7. The van der Waals surface area contributed by atoms with Gasteiger partial charge < -0.3 is 10.6 Å². The van der Waals surface area contributed by atoms with Gasteiger partial charge in [-0.25, -0.2) is 4.98 Å². The number of benzene rings is 2. The van der Waals surface area contributed by atoms with E-state index in [-0.39, 0.29) is 0 Å². The van der Waals surface area contributed by atoms with Crippen LogP contribution < -0.4 is 10.6 Å². The molecule has 2 heterocycles. The molecule has 4 aromatic rings. The fourth-order valence-corrected chi connectivity index (χ4v) is 2.82. The summed E-state index contributed by atoms with van der Waals surface area (Å²) in [6.45, 7) is 1.93. The molecule has 0 saturated carbocycles. The summed E-state index contributed by atoms with van der Waals surface area (Å²) in [4.78, 5) is 13.5. The second-order valence-electron chi connectivity index (χ2n) is 5.86. The van der Waals surface area contributed by atoms with Gasteiger partial charge in [0.1, 0.15) is 5.82 Å². The van der Waals surface area contributed by atoms with Crippen molar-refractivity contribution in [1.82, 2.24) is 15.0 Å². The molecule has 0 spiro atoms. The number of hydrogen-bond acceptors (Lipinski definition) is 5. The smallest absolute Gasteiger partial charge is 0.229 e. The van der Waals surface area contributed by atoms with Crippen LogP contribution in [0.3, 0.4) is 0 Å². The first-order valence-corrected chi connectivity index (χ1v) is 8.54. The summed E-state index contributed by atoms with van der Waals surface area (Å²) in [6, 6.07) is 19.3. The monoisotopic (exact) mass is 361 g/mol. The van der Waals surface area contributed by atoms with Gasteiger partial charge in [0.2, 0.25) is 5.95 Å². The number of para-hydroxylation sites is 1. The highest BCUT2D eigenvalue weighted by Gasteiger charge is 2.07. The molecule has 2 aromatic heterocycles. The number of aryl methyl sites for hydroxylation is 1. The first-order chi connectivity index (χ1) is 12.7. The zero-order valence-corrected chi connectivity index (χ0v) is 14.8. The lowest BCUT2D eigenvalue weighted by atomic mass is 10.2. The second-order valence-corrected chi connectivity index (χ2v) is 6.29. The fourth-order valence-electron chi connectivity index (χ4n) is 2.70. The Morgan fingerprint density at radius 3 is 2.54 bits per heavy atom. The summed E-state index contributed by atoms with van der Waals surface area (Å²) < 4.78 is 0. The number of hydrogen-bond donors (Lipinski definition) is 2. The minimum absolute atomic E-state index is 0.514. The van der Waals surface area contributed by atoms with Gasteiger partial charge in [-0.05, 0) is 43.3 Å². The molecule has 6 heteroatoms. The number of rotatable bonds is 4. The highest BCUT2D eigenvalue weighted by atomic mass is 35.5. The fraction of sp³-hybridized carbons (Fsp3) is 0.0500. The molecule has 26 heavy (non-hydrogen) atoms. The van der Waals surface area contributed by atoms with Gasteiger partial charge in [-0.15, -0.1) is 0 Å². The van der Waals surface area contributed by atoms with Crippen molar-refractivity contribution in [1.29, 1.82) is 0 Å². The average molecular weight is 362 g/mol. The van der Waals surface area contributed by atoms with Gasteiger partial charge in [0.05, 0.1) is 11.2 Å². The molecule has 0 atom stereocenters. The summed E-state index contributed by atoms with van der Waals surface area (Å²) in [5.41, 5.74) is 3.51. The zero-order valence-electron chi connectivity index (χ0n) is 14.1. The topological polar surface area (TPSA) is 62.7 Å². The van der Waals surface area contributed by atoms with Crippen LogP contribution in [0.25, 0.3) is 10.9 Å². The Morgan fingerprint density at radius 1 is 0.885 bits per heavy atom. The van der Waals surface area contributed by atoms with Crippen molar-refractivity contribution in [3.05, 3.63) is 77.6 Å². The molecule has 5 nitrogen and oxygen atoms in total. The Balaban J connectivity index is 1.64. The Bertz CT molecular complexity index is 1060. The lowest BCUT2D eigenvalue weighted by Gasteiger charge is -2.11. The molecule has 128 valence electrons. The third kappa shape index (κ3) is 3.58. The molecular formula is C20H16ClN5. The van der Waals surface area contributed by atoms with Crippen LogP contribution in [0.4, 0.5) is 23.1 Å². The van der Waals surface area contributed by atoms with Gasteiger partial charge in [-0.2, -0.15) is 4.98 Å². The van der Waals surface area contributed by atoms with E-state index in [1.54, 1.807) is 6.20 Å². The van der Waals surface area contributed by atoms with Crippen LogP contribution in [0.2, 0.25) is 5.02 Å². The number of nitrogens with zero attached hydrogens (tertiary/aromatic N) is 3. The molecule has 0 fully saturated rings. The van der Waals surface area contributed by atoms with E-state index in [1.165, 1.54) is 0 Å². The van der Waals surface area contributed by atoms with Gasteiger partial charge in [0, 0.05) is 34.1 Å².